The zero-order valence-corrected chi connectivity index (χ0v) is 11.6. The van der Waals surface area contributed by atoms with E-state index >= 15 is 0 Å². The minimum atomic E-state index is -0.126. The molecule has 0 fully saturated rings. The van der Waals surface area contributed by atoms with Crippen LogP contribution in [-0.2, 0) is 0 Å². The van der Waals surface area contributed by atoms with Gasteiger partial charge in [-0.15, -0.1) is 0 Å². The number of anilines is 1. The van der Waals surface area contributed by atoms with Crippen LogP contribution in [0.25, 0.3) is 11.3 Å². The molecule has 2 aromatic heterocycles. The Labute approximate surface area is 122 Å². The highest BCUT2D eigenvalue weighted by atomic mass is 16.1. The van der Waals surface area contributed by atoms with Crippen LogP contribution in [0.1, 0.15) is 18.5 Å². The van der Waals surface area contributed by atoms with E-state index in [-0.39, 0.29) is 11.6 Å². The molecule has 0 bridgehead atoms. The summed E-state index contributed by atoms with van der Waals surface area (Å²) in [5.74, 6) is 0. The highest BCUT2D eigenvalue weighted by Crippen LogP contribution is 2.22. The second-order valence-electron chi connectivity index (χ2n) is 4.90. The minimum Gasteiger partial charge on any atom is -0.379 e. The van der Waals surface area contributed by atoms with Crippen LogP contribution in [0.4, 0.5) is 5.69 Å². The maximum absolute atomic E-state index is 11.1. The predicted octanol–water partition coefficient (Wildman–Crippen LogP) is 2.94. The van der Waals surface area contributed by atoms with Gasteiger partial charge in [-0.1, -0.05) is 12.1 Å². The number of aromatic nitrogens is 3. The molecular formula is C16H16N4O. The maximum atomic E-state index is 11.1. The van der Waals surface area contributed by atoms with Crippen molar-refractivity contribution in [1.82, 2.24) is 15.2 Å². The fraction of sp³-hybridized carbons (Fsp3) is 0.125. The van der Waals surface area contributed by atoms with E-state index in [0.29, 0.717) is 0 Å². The largest absolute Gasteiger partial charge is 0.379 e. The Kier molecular flexibility index (Phi) is 3.55. The van der Waals surface area contributed by atoms with Gasteiger partial charge in [-0.3, -0.25) is 20.0 Å². The number of nitrogens with zero attached hydrogens (tertiary/aromatic N) is 1. The molecule has 0 amide bonds. The summed E-state index contributed by atoms with van der Waals surface area (Å²) in [6.45, 7) is 2.10. The second-order valence-corrected chi connectivity index (χ2v) is 4.90. The first-order valence-electron chi connectivity index (χ1n) is 6.77. The standard InChI is InChI=1S/C16H16N4O/c1-11(12-6-8-17-9-7-12)18-14-4-2-13(3-5-14)15-10-16(21)20-19-15/h2-11,18H,1H3,(H2,19,20,21). The van der Waals surface area contributed by atoms with Gasteiger partial charge in [-0.2, -0.15) is 0 Å². The van der Waals surface area contributed by atoms with E-state index in [1.807, 2.05) is 36.4 Å². The molecule has 0 aliphatic carbocycles. The highest BCUT2D eigenvalue weighted by Gasteiger charge is 2.05. The molecule has 5 nitrogen and oxygen atoms in total. The van der Waals surface area contributed by atoms with Crippen molar-refractivity contribution in [3.05, 3.63) is 70.8 Å². The topological polar surface area (TPSA) is 73.6 Å². The van der Waals surface area contributed by atoms with Gasteiger partial charge < -0.3 is 5.32 Å². The number of hydrogen-bond donors (Lipinski definition) is 3. The summed E-state index contributed by atoms with van der Waals surface area (Å²) in [5.41, 5.74) is 3.84. The summed E-state index contributed by atoms with van der Waals surface area (Å²) >= 11 is 0. The van der Waals surface area contributed by atoms with Crippen molar-refractivity contribution >= 4 is 5.69 Å². The van der Waals surface area contributed by atoms with Crippen LogP contribution in [0.2, 0.25) is 0 Å². The Morgan fingerprint density at radius 2 is 1.76 bits per heavy atom. The number of nitrogens with one attached hydrogen (secondary N) is 3. The first-order chi connectivity index (χ1) is 10.2. The van der Waals surface area contributed by atoms with Crippen molar-refractivity contribution in [3.8, 4) is 11.3 Å². The smallest absolute Gasteiger partial charge is 0.264 e. The third-order valence-corrected chi connectivity index (χ3v) is 3.38. The third kappa shape index (κ3) is 3.02. The molecule has 21 heavy (non-hydrogen) atoms. The van der Waals surface area contributed by atoms with E-state index in [2.05, 4.69) is 27.4 Å². The molecule has 1 unspecified atom stereocenters. The van der Waals surface area contributed by atoms with Crippen LogP contribution < -0.4 is 10.9 Å². The molecule has 2 heterocycles. The van der Waals surface area contributed by atoms with E-state index < -0.39 is 0 Å². The number of hydrogen-bond acceptors (Lipinski definition) is 3. The van der Waals surface area contributed by atoms with E-state index in [9.17, 15) is 4.79 Å². The Morgan fingerprint density at radius 1 is 1.05 bits per heavy atom. The predicted molar refractivity (Wildman–Crippen MR) is 83.1 cm³/mol. The number of rotatable bonds is 4. The van der Waals surface area contributed by atoms with Crippen LogP contribution in [0.3, 0.4) is 0 Å². The van der Waals surface area contributed by atoms with Crippen molar-refractivity contribution < 1.29 is 0 Å². The molecule has 1 atom stereocenters. The van der Waals surface area contributed by atoms with E-state index in [0.717, 1.165) is 16.9 Å². The minimum absolute atomic E-state index is 0.126. The lowest BCUT2D eigenvalue weighted by Crippen LogP contribution is -2.06. The van der Waals surface area contributed by atoms with E-state index in [1.54, 1.807) is 18.5 Å². The molecule has 3 aromatic rings. The zero-order valence-electron chi connectivity index (χ0n) is 11.6. The van der Waals surface area contributed by atoms with Gasteiger partial charge in [-0.05, 0) is 42.3 Å². The van der Waals surface area contributed by atoms with Gasteiger partial charge in [0.25, 0.3) is 5.56 Å². The van der Waals surface area contributed by atoms with Crippen molar-refractivity contribution in [2.45, 2.75) is 13.0 Å². The summed E-state index contributed by atoms with van der Waals surface area (Å²) in [6.07, 6.45) is 3.58. The van der Waals surface area contributed by atoms with Crippen molar-refractivity contribution in [2.24, 2.45) is 0 Å². The number of H-pyrrole nitrogens is 2. The number of benzene rings is 1. The van der Waals surface area contributed by atoms with Gasteiger partial charge in [0.05, 0.1) is 5.69 Å². The lowest BCUT2D eigenvalue weighted by molar-refractivity contribution is 0.881. The molecule has 3 rings (SSSR count). The van der Waals surface area contributed by atoms with Crippen LogP contribution in [0.15, 0.2) is 59.7 Å². The zero-order chi connectivity index (χ0) is 14.7. The monoisotopic (exact) mass is 280 g/mol. The van der Waals surface area contributed by atoms with Crippen molar-refractivity contribution in [2.75, 3.05) is 5.32 Å². The SMILES string of the molecule is CC(Nc1ccc(-c2cc(=O)[nH][nH]2)cc1)c1ccncc1. The second kappa shape index (κ2) is 5.66. The molecule has 106 valence electrons. The fourth-order valence-electron chi connectivity index (χ4n) is 2.22. The van der Waals surface area contributed by atoms with Gasteiger partial charge in [0, 0.05) is 30.2 Å². The van der Waals surface area contributed by atoms with Gasteiger partial charge in [0.2, 0.25) is 0 Å². The quantitative estimate of drug-likeness (QED) is 0.688. The van der Waals surface area contributed by atoms with Gasteiger partial charge in [0.1, 0.15) is 0 Å². The Hall–Kier alpha value is -2.82. The van der Waals surface area contributed by atoms with Gasteiger partial charge >= 0.3 is 0 Å². The average Bonchev–Trinajstić information content (AvgIpc) is 2.95. The van der Waals surface area contributed by atoms with Crippen LogP contribution >= 0.6 is 0 Å². The fourth-order valence-corrected chi connectivity index (χ4v) is 2.22. The molecule has 0 spiro atoms. The summed E-state index contributed by atoms with van der Waals surface area (Å²) in [5, 5.41) is 8.81. The molecule has 3 N–H and O–H groups in total. The van der Waals surface area contributed by atoms with Gasteiger partial charge in [0.15, 0.2) is 0 Å². The molecule has 0 saturated carbocycles. The van der Waals surface area contributed by atoms with E-state index in [4.69, 9.17) is 0 Å². The Balaban J connectivity index is 1.74. The highest BCUT2D eigenvalue weighted by molar-refractivity contribution is 5.62. The summed E-state index contributed by atoms with van der Waals surface area (Å²) in [4.78, 5) is 15.2. The maximum Gasteiger partial charge on any atom is 0.264 e. The average molecular weight is 280 g/mol. The first kappa shape index (κ1) is 13.2. The molecule has 1 aromatic carbocycles. The lowest BCUT2D eigenvalue weighted by Gasteiger charge is -2.15. The Bertz CT molecular complexity index is 759. The molecule has 0 aliphatic heterocycles. The molecule has 0 aliphatic rings. The summed E-state index contributed by atoms with van der Waals surface area (Å²) < 4.78 is 0. The molecular weight excluding hydrogens is 264 g/mol. The summed E-state index contributed by atoms with van der Waals surface area (Å²) in [7, 11) is 0. The Morgan fingerprint density at radius 3 is 2.38 bits per heavy atom. The van der Waals surface area contributed by atoms with Crippen molar-refractivity contribution in [1.29, 1.82) is 0 Å². The summed E-state index contributed by atoms with van der Waals surface area (Å²) in [6, 6.07) is 13.7. The lowest BCUT2D eigenvalue weighted by atomic mass is 10.1. The molecule has 0 saturated heterocycles. The molecule has 5 heteroatoms. The van der Waals surface area contributed by atoms with E-state index in [1.165, 1.54) is 5.56 Å². The van der Waals surface area contributed by atoms with Crippen molar-refractivity contribution in [3.63, 3.8) is 0 Å². The van der Waals surface area contributed by atoms with Crippen LogP contribution in [-0.4, -0.2) is 15.2 Å². The molecule has 0 radical (unpaired) electrons. The van der Waals surface area contributed by atoms with Gasteiger partial charge in [-0.25, -0.2) is 0 Å². The third-order valence-electron chi connectivity index (χ3n) is 3.38. The number of aromatic amines is 2. The van der Waals surface area contributed by atoms with Crippen LogP contribution in [0.5, 0.6) is 0 Å². The first-order valence-corrected chi connectivity index (χ1v) is 6.77. The number of pyridine rings is 1. The normalized spacial score (nSPS) is 12.0. The van der Waals surface area contributed by atoms with Crippen LogP contribution in [0, 0.1) is 0 Å².